The zero-order valence-corrected chi connectivity index (χ0v) is 18.5. The summed E-state index contributed by atoms with van der Waals surface area (Å²) in [6.07, 6.45) is 4.87. The molecule has 0 unspecified atom stereocenters. The van der Waals surface area contributed by atoms with Crippen LogP contribution in [-0.2, 0) is 16.0 Å². The first kappa shape index (κ1) is 22.1. The number of benzene rings is 2. The molecule has 0 saturated heterocycles. The van der Waals surface area contributed by atoms with Crippen LogP contribution in [0.5, 0.6) is 0 Å². The molecule has 2 aromatic carbocycles. The molecule has 0 spiro atoms. The first-order valence-electron chi connectivity index (χ1n) is 10.8. The summed E-state index contributed by atoms with van der Waals surface area (Å²) in [4.78, 5) is 29.2. The molecule has 1 saturated carbocycles. The molecule has 5 nitrogen and oxygen atoms in total. The molecule has 164 valence electrons. The highest BCUT2D eigenvalue weighted by atomic mass is 32.1. The average molecular weight is 450 g/mol. The normalized spacial score (nSPS) is 15.2. The predicted octanol–water partition coefficient (Wildman–Crippen LogP) is 5.19. The number of rotatable bonds is 7. The highest BCUT2D eigenvalue weighted by molar-refractivity contribution is 7.18. The average Bonchev–Trinajstić information content (AvgIpc) is 3.19. The second-order valence-electron chi connectivity index (χ2n) is 8.42. The van der Waals surface area contributed by atoms with Crippen molar-refractivity contribution in [3.63, 3.8) is 0 Å². The minimum atomic E-state index is -0.563. The van der Waals surface area contributed by atoms with Crippen molar-refractivity contribution in [3.05, 3.63) is 53.3 Å². The third-order valence-corrected chi connectivity index (χ3v) is 6.99. The van der Waals surface area contributed by atoms with E-state index in [0.29, 0.717) is 5.01 Å². The zero-order chi connectivity index (χ0) is 22.6. The monoisotopic (exact) mass is 449 g/mol. The number of nitriles is 1. The molecule has 0 aliphatic heterocycles. The number of hydrogen-bond acceptors (Lipinski definition) is 5. The van der Waals surface area contributed by atoms with Crippen LogP contribution in [0.15, 0.2) is 42.5 Å². The fourth-order valence-electron chi connectivity index (χ4n) is 4.29. The molecule has 7 heteroatoms. The van der Waals surface area contributed by atoms with Crippen molar-refractivity contribution in [2.45, 2.75) is 44.9 Å². The van der Waals surface area contributed by atoms with Gasteiger partial charge in [0.15, 0.2) is 5.78 Å². The lowest BCUT2D eigenvalue weighted by molar-refractivity contribution is -0.125. The lowest BCUT2D eigenvalue weighted by Crippen LogP contribution is -2.34. The van der Waals surface area contributed by atoms with Crippen molar-refractivity contribution < 1.29 is 14.0 Å². The van der Waals surface area contributed by atoms with Gasteiger partial charge in [-0.15, -0.1) is 11.3 Å². The summed E-state index contributed by atoms with van der Waals surface area (Å²) in [7, 11) is 0. The molecule has 1 aliphatic carbocycles. The number of Topliss-reactive ketones (excluding diaryl/α,β-unsaturated/α-hetero) is 1. The molecule has 0 atom stereocenters. The highest BCUT2D eigenvalue weighted by Crippen LogP contribution is 2.38. The maximum Gasteiger partial charge on any atom is 0.227 e. The molecule has 4 rings (SSSR count). The van der Waals surface area contributed by atoms with Gasteiger partial charge in [0.25, 0.3) is 0 Å². The van der Waals surface area contributed by atoms with E-state index in [1.807, 2.05) is 24.3 Å². The summed E-state index contributed by atoms with van der Waals surface area (Å²) in [5.74, 6) is -0.661. The molecular weight excluding hydrogens is 425 g/mol. The van der Waals surface area contributed by atoms with Crippen LogP contribution in [-0.4, -0.2) is 23.2 Å². The number of aromatic nitrogens is 1. The van der Waals surface area contributed by atoms with Crippen molar-refractivity contribution in [3.8, 4) is 17.2 Å². The Labute approximate surface area is 190 Å². The number of thiazole rings is 1. The number of carbonyl (C=O) groups excluding carboxylic acids is 2. The second kappa shape index (κ2) is 9.58. The largest absolute Gasteiger partial charge is 0.349 e. The minimum Gasteiger partial charge on any atom is -0.349 e. The van der Waals surface area contributed by atoms with Gasteiger partial charge in [-0.2, -0.15) is 5.26 Å². The number of halogens is 1. The van der Waals surface area contributed by atoms with Gasteiger partial charge >= 0.3 is 0 Å². The highest BCUT2D eigenvalue weighted by Gasteiger charge is 2.34. The molecule has 1 amide bonds. The van der Waals surface area contributed by atoms with Crippen LogP contribution in [0.1, 0.15) is 43.5 Å². The lowest BCUT2D eigenvalue weighted by atomic mass is 9.72. The van der Waals surface area contributed by atoms with Gasteiger partial charge in [0, 0.05) is 6.42 Å². The Kier molecular flexibility index (Phi) is 6.61. The summed E-state index contributed by atoms with van der Waals surface area (Å²) in [5, 5.41) is 12.9. The fraction of sp³-hybridized carbons (Fsp3) is 0.360. The maximum absolute atomic E-state index is 13.5. The van der Waals surface area contributed by atoms with Crippen molar-refractivity contribution >= 4 is 33.2 Å². The van der Waals surface area contributed by atoms with E-state index in [1.165, 1.54) is 23.5 Å². The van der Waals surface area contributed by atoms with Crippen LogP contribution in [0.25, 0.3) is 21.3 Å². The lowest BCUT2D eigenvalue weighted by Gasteiger charge is -2.29. The van der Waals surface area contributed by atoms with Gasteiger partial charge in [0.05, 0.1) is 34.7 Å². The first-order valence-corrected chi connectivity index (χ1v) is 11.6. The Morgan fingerprint density at radius 3 is 2.66 bits per heavy atom. The molecule has 32 heavy (non-hydrogen) atoms. The third kappa shape index (κ3) is 5.20. The number of carbonyl (C=O) groups is 2. The van der Waals surface area contributed by atoms with Crippen LogP contribution in [0.3, 0.4) is 0 Å². The smallest absolute Gasteiger partial charge is 0.227 e. The van der Waals surface area contributed by atoms with Crippen LogP contribution < -0.4 is 5.32 Å². The number of nitrogens with zero attached hydrogens (tertiary/aromatic N) is 2. The van der Waals surface area contributed by atoms with Gasteiger partial charge in [-0.1, -0.05) is 37.5 Å². The molecule has 1 aromatic heterocycles. The SMILES string of the molecule is N#CC1(CC(=O)CNC(=O)Cc2nc3ccc(-c4cccc(F)c4)cc3s2)CCCCC1. The van der Waals surface area contributed by atoms with E-state index in [4.69, 9.17) is 0 Å². The van der Waals surface area contributed by atoms with E-state index in [-0.39, 0.29) is 36.9 Å². The fourth-order valence-corrected chi connectivity index (χ4v) is 5.29. The molecule has 0 bridgehead atoms. The van der Waals surface area contributed by atoms with Crippen LogP contribution >= 0.6 is 11.3 Å². The van der Waals surface area contributed by atoms with Crippen LogP contribution in [0.2, 0.25) is 0 Å². The number of fused-ring (bicyclic) bond motifs is 1. The standard InChI is InChI=1S/C25H24FN3O2S/c26-19-6-4-5-17(11-19)18-7-8-21-22(12-18)32-24(29-21)13-23(31)28-15-20(30)14-25(16-27)9-2-1-3-10-25/h4-8,11-12H,1-3,9-10,13-15H2,(H,28,31). The van der Waals surface area contributed by atoms with E-state index >= 15 is 0 Å². The summed E-state index contributed by atoms with van der Waals surface area (Å²) in [6, 6.07) is 14.4. The Morgan fingerprint density at radius 1 is 1.12 bits per heavy atom. The van der Waals surface area contributed by atoms with Gasteiger partial charge in [-0.05, 0) is 48.2 Å². The molecule has 0 radical (unpaired) electrons. The van der Waals surface area contributed by atoms with Gasteiger partial charge in [0.2, 0.25) is 5.91 Å². The quantitative estimate of drug-likeness (QED) is 0.538. The molecule has 1 aliphatic rings. The first-order chi connectivity index (χ1) is 15.5. The maximum atomic E-state index is 13.5. The van der Waals surface area contributed by atoms with E-state index in [2.05, 4.69) is 16.4 Å². The van der Waals surface area contributed by atoms with E-state index < -0.39 is 5.41 Å². The van der Waals surface area contributed by atoms with Crippen molar-refractivity contribution in [1.29, 1.82) is 5.26 Å². The van der Waals surface area contributed by atoms with Crippen molar-refractivity contribution in [1.82, 2.24) is 10.3 Å². The van der Waals surface area contributed by atoms with E-state index in [0.717, 1.165) is 53.4 Å². The second-order valence-corrected chi connectivity index (χ2v) is 9.54. The third-order valence-electron chi connectivity index (χ3n) is 5.97. The molecule has 1 N–H and O–H groups in total. The van der Waals surface area contributed by atoms with Gasteiger partial charge in [0.1, 0.15) is 10.8 Å². The Bertz CT molecular complexity index is 1190. The molecule has 1 fully saturated rings. The predicted molar refractivity (Wildman–Crippen MR) is 122 cm³/mol. The molecule has 3 aromatic rings. The van der Waals surface area contributed by atoms with Crippen molar-refractivity contribution in [2.24, 2.45) is 5.41 Å². The molecular formula is C25H24FN3O2S. The van der Waals surface area contributed by atoms with Gasteiger partial charge in [-0.3, -0.25) is 9.59 Å². The summed E-state index contributed by atoms with van der Waals surface area (Å²) < 4.78 is 14.4. The summed E-state index contributed by atoms with van der Waals surface area (Å²) in [6.45, 7) is -0.0587. The molecule has 1 heterocycles. The van der Waals surface area contributed by atoms with Crippen LogP contribution in [0.4, 0.5) is 4.39 Å². The minimum absolute atomic E-state index is 0.0587. The van der Waals surface area contributed by atoms with Crippen LogP contribution in [0, 0.1) is 22.6 Å². The van der Waals surface area contributed by atoms with E-state index in [1.54, 1.807) is 6.07 Å². The summed E-state index contributed by atoms with van der Waals surface area (Å²) >= 11 is 1.41. The Morgan fingerprint density at radius 2 is 1.91 bits per heavy atom. The Balaban J connectivity index is 1.35. The number of ketones is 1. The van der Waals surface area contributed by atoms with E-state index in [9.17, 15) is 19.2 Å². The Hall–Kier alpha value is -3.11. The number of hydrogen-bond donors (Lipinski definition) is 1. The number of amides is 1. The van der Waals surface area contributed by atoms with Crippen molar-refractivity contribution in [2.75, 3.05) is 6.54 Å². The topological polar surface area (TPSA) is 82.9 Å². The number of nitrogens with one attached hydrogen (secondary N) is 1. The summed E-state index contributed by atoms with van der Waals surface area (Å²) in [5.41, 5.74) is 1.89. The zero-order valence-electron chi connectivity index (χ0n) is 17.7. The van der Waals surface area contributed by atoms with Gasteiger partial charge < -0.3 is 5.32 Å². The van der Waals surface area contributed by atoms with Gasteiger partial charge in [-0.25, -0.2) is 9.37 Å².